The number of hydrogen-bond acceptors (Lipinski definition) is 3. The van der Waals surface area contributed by atoms with Gasteiger partial charge in [-0.2, -0.15) is 0 Å². The maximum Gasteiger partial charge on any atom is 0.164 e. The van der Waals surface area contributed by atoms with E-state index in [1.54, 1.807) is 0 Å². The Morgan fingerprint density at radius 2 is 1.32 bits per heavy atom. The third-order valence-electron chi connectivity index (χ3n) is 4.09. The SMILES string of the molecule is [B]c1ccc(-c2nc(C3=CCCC=C3)nc(-c3ccccc3)n2)cc1. The monoisotopic (exact) mass is 321 g/mol. The average molecular weight is 321 g/mol. The van der Waals surface area contributed by atoms with Gasteiger partial charge >= 0.3 is 0 Å². The van der Waals surface area contributed by atoms with Crippen LogP contribution in [-0.4, -0.2) is 22.8 Å². The first-order valence-corrected chi connectivity index (χ1v) is 8.34. The number of allylic oxidation sites excluding steroid dienone is 4. The summed E-state index contributed by atoms with van der Waals surface area (Å²) in [7, 11) is 5.80. The minimum Gasteiger partial charge on any atom is -0.208 e. The predicted octanol–water partition coefficient (Wildman–Crippen LogP) is 3.73. The van der Waals surface area contributed by atoms with E-state index in [0.717, 1.165) is 35.0 Å². The molecule has 0 fully saturated rings. The normalized spacial score (nSPS) is 13.5. The maximum absolute atomic E-state index is 5.80. The molecule has 0 saturated carbocycles. The van der Waals surface area contributed by atoms with Crippen LogP contribution in [0.3, 0.4) is 0 Å². The summed E-state index contributed by atoms with van der Waals surface area (Å²) in [5.41, 5.74) is 3.67. The molecule has 1 aliphatic carbocycles. The number of nitrogens with zero attached hydrogens (tertiary/aromatic N) is 3. The highest BCUT2D eigenvalue weighted by Gasteiger charge is 2.13. The molecule has 2 radical (unpaired) electrons. The maximum atomic E-state index is 5.80. The summed E-state index contributed by atoms with van der Waals surface area (Å²) in [5.74, 6) is 2.04. The first-order chi connectivity index (χ1) is 12.3. The van der Waals surface area contributed by atoms with Crippen LogP contribution in [0.15, 0.2) is 72.8 Å². The summed E-state index contributed by atoms with van der Waals surface area (Å²) >= 11 is 0. The smallest absolute Gasteiger partial charge is 0.164 e. The highest BCUT2D eigenvalue weighted by Crippen LogP contribution is 2.24. The second-order valence-corrected chi connectivity index (χ2v) is 5.93. The second kappa shape index (κ2) is 6.85. The van der Waals surface area contributed by atoms with E-state index < -0.39 is 0 Å². The third kappa shape index (κ3) is 3.43. The van der Waals surface area contributed by atoms with Gasteiger partial charge in [0.05, 0.1) is 0 Å². The Bertz CT molecular complexity index is 945. The molecule has 3 aromatic rings. The van der Waals surface area contributed by atoms with Crippen LogP contribution in [0.4, 0.5) is 0 Å². The van der Waals surface area contributed by atoms with Gasteiger partial charge in [0.25, 0.3) is 0 Å². The molecule has 0 atom stereocenters. The van der Waals surface area contributed by atoms with Gasteiger partial charge in [-0.3, -0.25) is 0 Å². The first-order valence-electron chi connectivity index (χ1n) is 8.34. The van der Waals surface area contributed by atoms with E-state index in [1.165, 1.54) is 0 Å². The molecule has 1 aliphatic rings. The lowest BCUT2D eigenvalue weighted by atomic mass is 9.95. The molecule has 0 N–H and O–H groups in total. The minimum absolute atomic E-state index is 0.656. The van der Waals surface area contributed by atoms with Crippen molar-refractivity contribution in [3.63, 3.8) is 0 Å². The van der Waals surface area contributed by atoms with Gasteiger partial charge in [0.1, 0.15) is 7.85 Å². The molecule has 1 heterocycles. The fourth-order valence-electron chi connectivity index (χ4n) is 2.76. The highest BCUT2D eigenvalue weighted by molar-refractivity contribution is 6.32. The summed E-state index contributed by atoms with van der Waals surface area (Å²) in [5, 5.41) is 0. The molecule has 25 heavy (non-hydrogen) atoms. The molecule has 0 unspecified atom stereocenters. The summed E-state index contributed by atoms with van der Waals surface area (Å²) in [6.45, 7) is 0. The Morgan fingerprint density at radius 3 is 1.96 bits per heavy atom. The largest absolute Gasteiger partial charge is 0.208 e. The van der Waals surface area contributed by atoms with Crippen LogP contribution in [0.1, 0.15) is 18.7 Å². The summed E-state index contributed by atoms with van der Waals surface area (Å²) in [6.07, 6.45) is 8.49. The van der Waals surface area contributed by atoms with Crippen LogP contribution in [0.5, 0.6) is 0 Å². The minimum atomic E-state index is 0.656. The Balaban J connectivity index is 1.87. The Hall–Kier alpha value is -3.01. The van der Waals surface area contributed by atoms with E-state index >= 15 is 0 Å². The van der Waals surface area contributed by atoms with Gasteiger partial charge in [0, 0.05) is 16.7 Å². The summed E-state index contributed by atoms with van der Waals surface area (Å²) < 4.78 is 0. The van der Waals surface area contributed by atoms with Crippen molar-refractivity contribution in [3.8, 4) is 22.8 Å². The van der Waals surface area contributed by atoms with E-state index in [4.69, 9.17) is 17.8 Å². The van der Waals surface area contributed by atoms with Crippen LogP contribution < -0.4 is 5.46 Å². The molecule has 4 rings (SSSR count). The van der Waals surface area contributed by atoms with Crippen molar-refractivity contribution in [3.05, 3.63) is 78.6 Å². The van der Waals surface area contributed by atoms with Crippen LogP contribution in [0.2, 0.25) is 0 Å². The lowest BCUT2D eigenvalue weighted by Gasteiger charge is -2.10. The van der Waals surface area contributed by atoms with Gasteiger partial charge in [-0.25, -0.2) is 15.0 Å². The molecular formula is C21H16BN3. The van der Waals surface area contributed by atoms with E-state index in [2.05, 4.69) is 23.2 Å². The molecule has 0 saturated heterocycles. The molecule has 2 aromatic carbocycles. The molecule has 1 aromatic heterocycles. The van der Waals surface area contributed by atoms with Crippen molar-refractivity contribution in [1.29, 1.82) is 0 Å². The van der Waals surface area contributed by atoms with E-state index in [1.807, 2.05) is 54.6 Å². The zero-order valence-electron chi connectivity index (χ0n) is 13.8. The molecule has 0 bridgehead atoms. The average Bonchev–Trinajstić information content (AvgIpc) is 2.69. The van der Waals surface area contributed by atoms with Crippen molar-refractivity contribution >= 4 is 18.9 Å². The Morgan fingerprint density at radius 1 is 0.680 bits per heavy atom. The second-order valence-electron chi connectivity index (χ2n) is 5.93. The zero-order chi connectivity index (χ0) is 17.1. The van der Waals surface area contributed by atoms with Crippen molar-refractivity contribution in [2.75, 3.05) is 0 Å². The standard InChI is InChI=1S/C21H16BN3/c22-18-13-11-17(12-14-18)21-24-19(15-7-3-1-4-8-15)23-20(25-21)16-9-5-2-6-10-16/h1,3-5,7-14H,2,6H2. The Kier molecular flexibility index (Phi) is 4.25. The zero-order valence-corrected chi connectivity index (χ0v) is 13.8. The van der Waals surface area contributed by atoms with Crippen molar-refractivity contribution in [1.82, 2.24) is 15.0 Å². The van der Waals surface area contributed by atoms with Gasteiger partial charge in [-0.05, 0) is 12.8 Å². The summed E-state index contributed by atoms with van der Waals surface area (Å²) in [6, 6.07) is 17.6. The number of hydrogen-bond donors (Lipinski definition) is 0. The van der Waals surface area contributed by atoms with Gasteiger partial charge in [0.2, 0.25) is 0 Å². The van der Waals surface area contributed by atoms with Crippen molar-refractivity contribution in [2.24, 2.45) is 0 Å². The molecular weight excluding hydrogens is 305 g/mol. The number of aromatic nitrogens is 3. The molecule has 4 heteroatoms. The van der Waals surface area contributed by atoms with E-state index in [0.29, 0.717) is 17.5 Å². The van der Waals surface area contributed by atoms with Gasteiger partial charge < -0.3 is 0 Å². The lowest BCUT2D eigenvalue weighted by Crippen LogP contribution is -2.04. The number of benzene rings is 2. The van der Waals surface area contributed by atoms with Crippen molar-refractivity contribution < 1.29 is 0 Å². The molecule has 0 amide bonds. The summed E-state index contributed by atoms with van der Waals surface area (Å²) in [4.78, 5) is 14.1. The predicted molar refractivity (Wildman–Crippen MR) is 102 cm³/mol. The Labute approximate surface area is 148 Å². The van der Waals surface area contributed by atoms with Gasteiger partial charge in [0.15, 0.2) is 17.5 Å². The molecule has 0 spiro atoms. The third-order valence-corrected chi connectivity index (χ3v) is 4.09. The lowest BCUT2D eigenvalue weighted by molar-refractivity contribution is 1.01. The van der Waals surface area contributed by atoms with Crippen LogP contribution >= 0.6 is 0 Å². The first kappa shape index (κ1) is 15.5. The van der Waals surface area contributed by atoms with Gasteiger partial charge in [-0.1, -0.05) is 78.3 Å². The quantitative estimate of drug-likeness (QED) is 0.690. The topological polar surface area (TPSA) is 38.7 Å². The van der Waals surface area contributed by atoms with Gasteiger partial charge in [-0.15, -0.1) is 0 Å². The van der Waals surface area contributed by atoms with Crippen LogP contribution in [0, 0.1) is 0 Å². The highest BCUT2D eigenvalue weighted by atomic mass is 15.0. The molecule has 3 nitrogen and oxygen atoms in total. The van der Waals surface area contributed by atoms with Crippen molar-refractivity contribution in [2.45, 2.75) is 12.8 Å². The molecule has 0 aliphatic heterocycles. The van der Waals surface area contributed by atoms with Crippen LogP contribution in [-0.2, 0) is 0 Å². The fourth-order valence-corrected chi connectivity index (χ4v) is 2.76. The number of rotatable bonds is 3. The molecule has 118 valence electrons. The fraction of sp³-hybridized carbons (Fsp3) is 0.0952. The van der Waals surface area contributed by atoms with E-state index in [9.17, 15) is 0 Å². The van der Waals surface area contributed by atoms with E-state index in [-0.39, 0.29) is 0 Å². The van der Waals surface area contributed by atoms with Crippen LogP contribution in [0.25, 0.3) is 28.3 Å².